The summed E-state index contributed by atoms with van der Waals surface area (Å²) in [4.78, 5) is 30.5. The Hall–Kier alpha value is -3.53. The zero-order valence-corrected chi connectivity index (χ0v) is 26.5. The third kappa shape index (κ3) is 6.44. The molecule has 238 valence electrons. The molecule has 4 fully saturated rings. The Morgan fingerprint density at radius 3 is 2.27 bits per heavy atom. The van der Waals surface area contributed by atoms with Crippen molar-refractivity contribution in [3.63, 3.8) is 0 Å². The summed E-state index contributed by atoms with van der Waals surface area (Å²) in [5, 5.41) is 0. The van der Waals surface area contributed by atoms with Gasteiger partial charge in [-0.25, -0.2) is 0 Å². The van der Waals surface area contributed by atoms with E-state index in [0.717, 1.165) is 63.3 Å². The summed E-state index contributed by atoms with van der Waals surface area (Å²) in [7, 11) is 1.69. The first kappa shape index (κ1) is 30.1. The standard InChI is InChI=1S/C36H45N5O4/c1-3-44-35-29(34(43-2)37-33(38-35)27-16-17-27)23-39-21-28-22-40(36(42)31-15-10-20-45-31)18-19-41(28)30(24-39)32(25-11-6-4-7-12-25)26-13-8-5-9-14-26/h4-9,11-14,27-28,30-32H,3,10,15-24H2,1-2H3/t28-,30+,31-/m1/s1. The molecule has 1 aromatic heterocycles. The number of rotatable bonds is 10. The molecule has 7 rings (SSSR count). The first-order valence-electron chi connectivity index (χ1n) is 16.7. The number of aromatic nitrogens is 2. The molecule has 3 saturated heterocycles. The zero-order valence-electron chi connectivity index (χ0n) is 26.5. The second kappa shape index (κ2) is 13.4. The number of methoxy groups -OCH3 is 1. The predicted molar refractivity (Wildman–Crippen MR) is 172 cm³/mol. The summed E-state index contributed by atoms with van der Waals surface area (Å²) in [5.41, 5.74) is 3.50. The van der Waals surface area contributed by atoms with E-state index < -0.39 is 0 Å². The molecule has 4 heterocycles. The number of hydrogen-bond donors (Lipinski definition) is 0. The van der Waals surface area contributed by atoms with Crippen molar-refractivity contribution in [2.24, 2.45) is 0 Å². The number of hydrogen-bond acceptors (Lipinski definition) is 8. The third-order valence-corrected chi connectivity index (χ3v) is 9.83. The van der Waals surface area contributed by atoms with Crippen LogP contribution >= 0.6 is 0 Å². The van der Waals surface area contributed by atoms with Crippen molar-refractivity contribution in [1.29, 1.82) is 0 Å². The quantitative estimate of drug-likeness (QED) is 0.333. The minimum absolute atomic E-state index is 0.146. The maximum Gasteiger partial charge on any atom is 0.251 e. The van der Waals surface area contributed by atoms with Crippen LogP contribution in [-0.2, 0) is 16.1 Å². The van der Waals surface area contributed by atoms with Gasteiger partial charge >= 0.3 is 0 Å². The molecular formula is C36H45N5O4. The number of benzene rings is 2. The van der Waals surface area contributed by atoms with E-state index in [2.05, 4.69) is 75.4 Å². The van der Waals surface area contributed by atoms with Gasteiger partial charge in [0.2, 0.25) is 11.8 Å². The van der Waals surface area contributed by atoms with E-state index in [4.69, 9.17) is 24.2 Å². The molecule has 0 bridgehead atoms. The van der Waals surface area contributed by atoms with Crippen LogP contribution in [0.5, 0.6) is 11.8 Å². The molecule has 4 aliphatic rings. The fourth-order valence-electron chi connectivity index (χ4n) is 7.54. The lowest BCUT2D eigenvalue weighted by atomic mass is 9.81. The summed E-state index contributed by atoms with van der Waals surface area (Å²) in [6.07, 6.45) is 3.70. The van der Waals surface area contributed by atoms with Gasteiger partial charge in [0, 0.05) is 69.8 Å². The number of ether oxygens (including phenoxy) is 3. The topological polar surface area (TPSA) is 80.3 Å². The van der Waals surface area contributed by atoms with Crippen LogP contribution < -0.4 is 9.47 Å². The van der Waals surface area contributed by atoms with Crippen molar-refractivity contribution in [2.45, 2.75) is 69.2 Å². The zero-order chi connectivity index (χ0) is 30.8. The van der Waals surface area contributed by atoms with Crippen LogP contribution in [0.4, 0.5) is 0 Å². The Labute approximate surface area is 266 Å². The summed E-state index contributed by atoms with van der Waals surface area (Å²) in [5.74, 6) is 2.77. The van der Waals surface area contributed by atoms with Crippen LogP contribution in [0.25, 0.3) is 0 Å². The highest BCUT2D eigenvalue weighted by molar-refractivity contribution is 5.81. The molecule has 1 amide bonds. The number of fused-ring (bicyclic) bond motifs is 1. The smallest absolute Gasteiger partial charge is 0.251 e. The van der Waals surface area contributed by atoms with Crippen LogP contribution in [0.3, 0.4) is 0 Å². The van der Waals surface area contributed by atoms with Crippen molar-refractivity contribution in [3.8, 4) is 11.8 Å². The van der Waals surface area contributed by atoms with E-state index in [-0.39, 0.29) is 30.0 Å². The third-order valence-electron chi connectivity index (χ3n) is 9.83. The van der Waals surface area contributed by atoms with Crippen LogP contribution in [-0.4, -0.2) is 102 Å². The lowest BCUT2D eigenvalue weighted by Crippen LogP contribution is -2.67. The number of carbonyl (C=O) groups is 1. The largest absolute Gasteiger partial charge is 0.481 e. The molecule has 0 N–H and O–H groups in total. The van der Waals surface area contributed by atoms with Gasteiger partial charge in [0.25, 0.3) is 5.91 Å². The molecular weight excluding hydrogens is 566 g/mol. The number of nitrogens with zero attached hydrogens (tertiary/aromatic N) is 5. The monoisotopic (exact) mass is 611 g/mol. The lowest BCUT2D eigenvalue weighted by molar-refractivity contribution is -0.146. The Bertz CT molecular complexity index is 1410. The van der Waals surface area contributed by atoms with Gasteiger partial charge in [-0.15, -0.1) is 0 Å². The van der Waals surface area contributed by atoms with E-state index in [1.54, 1.807) is 7.11 Å². The molecule has 3 atom stereocenters. The molecule has 0 unspecified atom stereocenters. The lowest BCUT2D eigenvalue weighted by Gasteiger charge is -2.53. The van der Waals surface area contributed by atoms with E-state index in [0.29, 0.717) is 44.0 Å². The van der Waals surface area contributed by atoms with E-state index in [9.17, 15) is 4.79 Å². The molecule has 0 radical (unpaired) electrons. The van der Waals surface area contributed by atoms with Crippen LogP contribution in [0.15, 0.2) is 60.7 Å². The van der Waals surface area contributed by atoms with Crippen molar-refractivity contribution < 1.29 is 19.0 Å². The van der Waals surface area contributed by atoms with Gasteiger partial charge < -0.3 is 19.1 Å². The molecule has 0 spiro atoms. The SMILES string of the molecule is CCOc1nc(C2CC2)nc(OC)c1CN1C[C@@H]2CN(C(=O)[C@H]3CCCO3)CCN2[C@H](C(c2ccccc2)c2ccccc2)C1. The number of carbonyl (C=O) groups excluding carboxylic acids is 1. The molecule has 1 aliphatic carbocycles. The highest BCUT2D eigenvalue weighted by Crippen LogP contribution is 2.41. The molecule has 2 aromatic carbocycles. The highest BCUT2D eigenvalue weighted by atomic mass is 16.5. The van der Waals surface area contributed by atoms with E-state index in [1.165, 1.54) is 11.1 Å². The summed E-state index contributed by atoms with van der Waals surface area (Å²) in [6.45, 7) is 7.73. The highest BCUT2D eigenvalue weighted by Gasteiger charge is 2.44. The van der Waals surface area contributed by atoms with Crippen molar-refractivity contribution in [3.05, 3.63) is 83.2 Å². The van der Waals surface area contributed by atoms with Crippen molar-refractivity contribution in [1.82, 2.24) is 24.7 Å². The van der Waals surface area contributed by atoms with E-state index in [1.807, 2.05) is 6.92 Å². The second-order valence-electron chi connectivity index (χ2n) is 12.8. The summed E-state index contributed by atoms with van der Waals surface area (Å²) >= 11 is 0. The van der Waals surface area contributed by atoms with Gasteiger partial charge in [-0.1, -0.05) is 60.7 Å². The summed E-state index contributed by atoms with van der Waals surface area (Å²) in [6, 6.07) is 22.1. The minimum atomic E-state index is -0.298. The number of piperazine rings is 2. The Kier molecular flexibility index (Phi) is 9.01. The van der Waals surface area contributed by atoms with Gasteiger partial charge in [0.15, 0.2) is 0 Å². The molecule has 3 aliphatic heterocycles. The molecule has 9 nitrogen and oxygen atoms in total. The average molecular weight is 612 g/mol. The van der Waals surface area contributed by atoms with Crippen molar-refractivity contribution >= 4 is 5.91 Å². The van der Waals surface area contributed by atoms with Gasteiger partial charge in [0.05, 0.1) is 19.3 Å². The van der Waals surface area contributed by atoms with Crippen molar-refractivity contribution in [2.75, 3.05) is 53.0 Å². The fraction of sp³-hybridized carbons (Fsp3) is 0.528. The minimum Gasteiger partial charge on any atom is -0.481 e. The van der Waals surface area contributed by atoms with Gasteiger partial charge in [-0.3, -0.25) is 14.6 Å². The average Bonchev–Trinajstić information content (AvgIpc) is 3.79. The van der Waals surface area contributed by atoms with Gasteiger partial charge in [0.1, 0.15) is 11.9 Å². The van der Waals surface area contributed by atoms with Crippen LogP contribution in [0.2, 0.25) is 0 Å². The van der Waals surface area contributed by atoms with Crippen LogP contribution in [0, 0.1) is 0 Å². The Morgan fingerprint density at radius 1 is 0.933 bits per heavy atom. The molecule has 9 heteroatoms. The Morgan fingerprint density at radius 2 is 1.64 bits per heavy atom. The van der Waals surface area contributed by atoms with Crippen LogP contribution in [0.1, 0.15) is 67.0 Å². The fourth-order valence-corrected chi connectivity index (χ4v) is 7.54. The van der Waals surface area contributed by atoms with E-state index >= 15 is 0 Å². The second-order valence-corrected chi connectivity index (χ2v) is 12.8. The molecule has 45 heavy (non-hydrogen) atoms. The number of amides is 1. The first-order chi connectivity index (χ1) is 22.1. The Balaban J connectivity index is 1.24. The van der Waals surface area contributed by atoms with Gasteiger partial charge in [-0.05, 0) is 43.7 Å². The van der Waals surface area contributed by atoms with Gasteiger partial charge in [-0.2, -0.15) is 9.97 Å². The first-order valence-corrected chi connectivity index (χ1v) is 16.7. The summed E-state index contributed by atoms with van der Waals surface area (Å²) < 4.78 is 17.8. The normalized spacial score (nSPS) is 24.1. The maximum atomic E-state index is 13.5. The maximum absolute atomic E-state index is 13.5. The molecule has 1 saturated carbocycles. The molecule has 3 aromatic rings. The predicted octanol–water partition coefficient (Wildman–Crippen LogP) is 4.47.